The molecule has 106 valence electrons. The summed E-state index contributed by atoms with van der Waals surface area (Å²) in [6.07, 6.45) is -0.0382. The predicted molar refractivity (Wildman–Crippen MR) is 74.7 cm³/mol. The van der Waals surface area contributed by atoms with Crippen LogP contribution in [0.25, 0.3) is 0 Å². The molecule has 1 amide bonds. The summed E-state index contributed by atoms with van der Waals surface area (Å²) in [5.74, 6) is 0. The van der Waals surface area contributed by atoms with E-state index in [0.29, 0.717) is 19.6 Å². The Bertz CT molecular complexity index is 572. The maximum atomic E-state index is 11.6. The van der Waals surface area contributed by atoms with Crippen molar-refractivity contribution in [2.24, 2.45) is 5.16 Å². The third-order valence-corrected chi connectivity index (χ3v) is 3.76. The number of carbonyl (C=O) groups is 1. The second-order valence-corrected chi connectivity index (χ2v) is 5.38. The highest BCUT2D eigenvalue weighted by molar-refractivity contribution is 6.03. The smallest absolute Gasteiger partial charge is 0.412 e. The number of aryl methyl sites for hydroxylation is 3. The molecule has 0 bridgehead atoms. The largest absolute Gasteiger partial charge is 0.447 e. The number of amides is 1. The molecule has 20 heavy (non-hydrogen) atoms. The van der Waals surface area contributed by atoms with Crippen LogP contribution in [0.3, 0.4) is 0 Å². The molecule has 0 aliphatic carbocycles. The molecule has 2 aliphatic rings. The molecule has 1 fully saturated rings. The molecule has 2 heterocycles. The maximum Gasteiger partial charge on any atom is 0.412 e. The fraction of sp³-hybridized carbons (Fsp3) is 0.467. The minimum Gasteiger partial charge on any atom is -0.447 e. The van der Waals surface area contributed by atoms with Crippen molar-refractivity contribution in [3.05, 3.63) is 34.4 Å². The van der Waals surface area contributed by atoms with Gasteiger partial charge in [-0.25, -0.2) is 4.79 Å². The Labute approximate surface area is 118 Å². The van der Waals surface area contributed by atoms with Crippen LogP contribution in [0.1, 0.15) is 28.7 Å². The van der Waals surface area contributed by atoms with Crippen molar-refractivity contribution in [3.8, 4) is 0 Å². The van der Waals surface area contributed by atoms with Crippen LogP contribution < -0.4 is 0 Å². The monoisotopic (exact) mass is 274 g/mol. The Balaban J connectivity index is 1.82. The number of hydrogen-bond donors (Lipinski definition) is 0. The lowest BCUT2D eigenvalue weighted by atomic mass is 9.94. The van der Waals surface area contributed by atoms with Gasteiger partial charge in [-0.15, -0.1) is 0 Å². The molecule has 0 aromatic heterocycles. The molecule has 0 N–H and O–H groups in total. The summed E-state index contributed by atoms with van der Waals surface area (Å²) in [5.41, 5.74) is 5.65. The molecule has 0 spiro atoms. The molecular formula is C15H18N2O3. The number of carbonyl (C=O) groups excluding carboxylic acids is 1. The molecule has 5 nitrogen and oxygen atoms in total. The van der Waals surface area contributed by atoms with Crippen LogP contribution in [0.2, 0.25) is 0 Å². The first-order chi connectivity index (χ1) is 9.56. The summed E-state index contributed by atoms with van der Waals surface area (Å²) in [7, 11) is 0. The van der Waals surface area contributed by atoms with Gasteiger partial charge in [-0.3, -0.25) is 4.90 Å². The van der Waals surface area contributed by atoms with Gasteiger partial charge in [-0.05, 0) is 31.9 Å². The number of hydrogen-bond acceptors (Lipinski definition) is 4. The lowest BCUT2D eigenvalue weighted by molar-refractivity contribution is -0.00858. The zero-order chi connectivity index (χ0) is 14.3. The molecule has 1 atom stereocenters. The summed E-state index contributed by atoms with van der Waals surface area (Å²) >= 11 is 0. The van der Waals surface area contributed by atoms with Crippen molar-refractivity contribution >= 4 is 11.8 Å². The van der Waals surface area contributed by atoms with Gasteiger partial charge in [0.15, 0.2) is 0 Å². The number of rotatable bonds is 2. The Morgan fingerprint density at radius 3 is 2.55 bits per heavy atom. The van der Waals surface area contributed by atoms with E-state index in [1.807, 2.05) is 0 Å². The fourth-order valence-electron chi connectivity index (χ4n) is 2.98. The average Bonchev–Trinajstić information content (AvgIpc) is 2.96. The van der Waals surface area contributed by atoms with Crippen LogP contribution in [0.4, 0.5) is 4.79 Å². The Kier molecular flexibility index (Phi) is 3.12. The molecule has 3 rings (SSSR count). The van der Waals surface area contributed by atoms with E-state index in [4.69, 9.17) is 9.57 Å². The molecule has 1 saturated heterocycles. The quantitative estimate of drug-likeness (QED) is 0.832. The normalized spacial score (nSPS) is 21.8. The molecular weight excluding hydrogens is 256 g/mol. The molecule has 0 radical (unpaired) electrons. The van der Waals surface area contributed by atoms with E-state index < -0.39 is 0 Å². The van der Waals surface area contributed by atoms with E-state index in [-0.39, 0.29) is 12.3 Å². The van der Waals surface area contributed by atoms with Gasteiger partial charge < -0.3 is 9.57 Å². The average molecular weight is 274 g/mol. The van der Waals surface area contributed by atoms with Gasteiger partial charge in [0.05, 0.1) is 18.7 Å². The summed E-state index contributed by atoms with van der Waals surface area (Å²) in [5, 5.41) is 4.18. The lowest BCUT2D eigenvalue weighted by Crippen LogP contribution is -2.36. The van der Waals surface area contributed by atoms with Crippen molar-refractivity contribution in [1.82, 2.24) is 4.90 Å². The van der Waals surface area contributed by atoms with E-state index in [1.165, 1.54) is 16.7 Å². The second kappa shape index (κ2) is 4.81. The lowest BCUT2D eigenvalue weighted by Gasteiger charge is -2.18. The maximum absolute atomic E-state index is 11.6. The number of cyclic esters (lactones) is 1. The number of nitrogens with zero attached hydrogens (tertiary/aromatic N) is 2. The van der Waals surface area contributed by atoms with Gasteiger partial charge in [0.25, 0.3) is 0 Å². The fourth-order valence-corrected chi connectivity index (χ4v) is 2.98. The minimum absolute atomic E-state index is 0.316. The first kappa shape index (κ1) is 13.0. The van der Waals surface area contributed by atoms with Gasteiger partial charge in [0.2, 0.25) is 6.23 Å². The van der Waals surface area contributed by atoms with Gasteiger partial charge in [-0.1, -0.05) is 22.9 Å². The van der Waals surface area contributed by atoms with E-state index >= 15 is 0 Å². The van der Waals surface area contributed by atoms with Crippen molar-refractivity contribution in [2.75, 3.05) is 13.2 Å². The SMILES string of the molecule is Cc1cc(C)c(C2=NO[C@H](N3CCOC3=O)C2)c(C)c1. The third-order valence-electron chi connectivity index (χ3n) is 3.76. The van der Waals surface area contributed by atoms with E-state index in [2.05, 4.69) is 38.1 Å². The number of benzene rings is 1. The molecule has 1 aromatic carbocycles. The van der Waals surface area contributed by atoms with Gasteiger partial charge >= 0.3 is 6.09 Å². The molecule has 0 unspecified atom stereocenters. The first-order valence-corrected chi connectivity index (χ1v) is 6.80. The van der Waals surface area contributed by atoms with Crippen LogP contribution in [-0.2, 0) is 9.57 Å². The van der Waals surface area contributed by atoms with Crippen molar-refractivity contribution in [2.45, 2.75) is 33.4 Å². The van der Waals surface area contributed by atoms with E-state index in [9.17, 15) is 4.79 Å². The summed E-state index contributed by atoms with van der Waals surface area (Å²) in [4.78, 5) is 18.6. The Morgan fingerprint density at radius 1 is 1.25 bits per heavy atom. The number of ether oxygens (including phenoxy) is 1. The van der Waals surface area contributed by atoms with Crippen LogP contribution in [-0.4, -0.2) is 36.1 Å². The summed E-state index contributed by atoms with van der Waals surface area (Å²) in [6, 6.07) is 4.28. The van der Waals surface area contributed by atoms with Gasteiger partial charge in [0.1, 0.15) is 6.61 Å². The van der Waals surface area contributed by atoms with Crippen molar-refractivity contribution in [1.29, 1.82) is 0 Å². The standard InChI is InChI=1S/C15H18N2O3/c1-9-6-10(2)14(11(3)7-9)12-8-13(20-16-12)17-4-5-19-15(17)18/h6-7,13H,4-5,8H2,1-3H3/t13-/m0/s1. The van der Waals surface area contributed by atoms with Gasteiger partial charge in [-0.2, -0.15) is 0 Å². The van der Waals surface area contributed by atoms with E-state index in [0.717, 1.165) is 11.3 Å². The molecule has 5 heteroatoms. The van der Waals surface area contributed by atoms with Crippen molar-refractivity contribution in [3.63, 3.8) is 0 Å². The molecule has 1 aromatic rings. The van der Waals surface area contributed by atoms with Crippen LogP contribution in [0.15, 0.2) is 17.3 Å². The first-order valence-electron chi connectivity index (χ1n) is 6.80. The highest BCUT2D eigenvalue weighted by Gasteiger charge is 2.36. The highest BCUT2D eigenvalue weighted by atomic mass is 16.7. The molecule has 2 aliphatic heterocycles. The highest BCUT2D eigenvalue weighted by Crippen LogP contribution is 2.26. The summed E-state index contributed by atoms with van der Waals surface area (Å²) < 4.78 is 4.94. The third kappa shape index (κ3) is 2.13. The van der Waals surface area contributed by atoms with Crippen molar-refractivity contribution < 1.29 is 14.4 Å². The predicted octanol–water partition coefficient (Wildman–Crippen LogP) is 2.51. The van der Waals surface area contributed by atoms with Crippen LogP contribution >= 0.6 is 0 Å². The zero-order valence-electron chi connectivity index (χ0n) is 12.0. The summed E-state index contributed by atoms with van der Waals surface area (Å²) in [6.45, 7) is 7.24. The van der Waals surface area contributed by atoms with Gasteiger partial charge in [0, 0.05) is 5.56 Å². The topological polar surface area (TPSA) is 51.1 Å². The van der Waals surface area contributed by atoms with Crippen LogP contribution in [0, 0.1) is 20.8 Å². The minimum atomic E-state index is -0.333. The zero-order valence-corrected chi connectivity index (χ0v) is 12.0. The van der Waals surface area contributed by atoms with E-state index in [1.54, 1.807) is 4.90 Å². The van der Waals surface area contributed by atoms with Crippen LogP contribution in [0.5, 0.6) is 0 Å². The second-order valence-electron chi connectivity index (χ2n) is 5.38. The Morgan fingerprint density at radius 2 is 1.95 bits per heavy atom. The number of oxime groups is 1. The molecule has 0 saturated carbocycles. The Hall–Kier alpha value is -2.04.